The van der Waals surface area contributed by atoms with Crippen LogP contribution in [0.1, 0.15) is 124 Å². The van der Waals surface area contributed by atoms with Crippen molar-refractivity contribution in [3.05, 3.63) is 212 Å². The summed E-state index contributed by atoms with van der Waals surface area (Å²) in [5.41, 5.74) is -0.667. The maximum absolute atomic E-state index is 10.2. The molecule has 0 atom stereocenters. The minimum absolute atomic E-state index is 0. The number of carbonyl (C=O) groups excluding carboxylic acids is 12. The normalized spacial score (nSPS) is 7.81. The molecular formula is C48H28O32Zr6. The molecule has 4 N–H and O–H groups in total. The van der Waals surface area contributed by atoms with Crippen molar-refractivity contribution >= 4 is 71.6 Å². The summed E-state index contributed by atoms with van der Waals surface area (Å²) in [6.45, 7) is 0. The topological polar surface area (TPSA) is 716 Å². The largest absolute Gasteiger partial charge is 4.00 e. The average molecular weight is 1660 g/mol. The number of rotatable bonds is 12. The van der Waals surface area contributed by atoms with Crippen molar-refractivity contribution in [2.45, 2.75) is 0 Å². The summed E-state index contributed by atoms with van der Waals surface area (Å²) in [5.74, 6) is -16.0. The molecule has 0 amide bonds. The van der Waals surface area contributed by atoms with Gasteiger partial charge in [-0.25, -0.2) is 0 Å². The molecule has 32 nitrogen and oxygen atoms in total. The minimum Gasteiger partial charge on any atom is -2.00 e. The first-order valence-corrected chi connectivity index (χ1v) is 18.8. The summed E-state index contributed by atoms with van der Waals surface area (Å²) >= 11 is 0. The molecule has 0 saturated heterocycles. The Kier molecular flexibility index (Phi) is 79.0. The summed E-state index contributed by atoms with van der Waals surface area (Å²) in [6, 6.07) is 27.7. The molecule has 0 aliphatic carbocycles. The van der Waals surface area contributed by atoms with Gasteiger partial charge in [0.25, 0.3) is 0 Å². The third kappa shape index (κ3) is 44.4. The van der Waals surface area contributed by atoms with Gasteiger partial charge in [0.2, 0.25) is 0 Å². The number of hydrogen-bond donors (Lipinski definition) is 0. The van der Waals surface area contributed by atoms with Gasteiger partial charge in [-0.2, -0.15) is 0 Å². The minimum atomic E-state index is -1.33. The monoisotopic (exact) mass is 1660 g/mol. The number of benzene rings is 6. The van der Waals surface area contributed by atoms with Crippen molar-refractivity contribution in [3.8, 4) is 0 Å². The van der Waals surface area contributed by atoms with Gasteiger partial charge in [-0.3, -0.25) is 0 Å². The molecule has 86 heavy (non-hydrogen) atoms. The van der Waals surface area contributed by atoms with Crippen LogP contribution in [-0.4, -0.2) is 93.5 Å². The molecule has 38 heteroatoms. The van der Waals surface area contributed by atoms with Crippen LogP contribution >= 0.6 is 0 Å². The number of carboxylic acids is 12. The van der Waals surface area contributed by atoms with Crippen molar-refractivity contribution < 1.29 is 320 Å². The molecule has 6 aromatic rings. The molecule has 0 aromatic heterocycles. The molecule has 6 rings (SSSR count). The molecule has 0 bridgehead atoms. The molecule has 0 fully saturated rings. The van der Waals surface area contributed by atoms with Crippen LogP contribution in [0.4, 0.5) is 0 Å². The van der Waals surface area contributed by atoms with E-state index in [2.05, 4.69) is 0 Å². The Morgan fingerprint density at radius 2 is 0.186 bits per heavy atom. The molecule has 0 aliphatic heterocycles. The summed E-state index contributed by atoms with van der Waals surface area (Å²) < 4.78 is 0. The Labute approximate surface area is 597 Å². The molecular weight excluding hydrogens is 1640 g/mol. The van der Waals surface area contributed by atoms with E-state index in [1.807, 2.05) is 0 Å². The fourth-order valence-electron chi connectivity index (χ4n) is 4.45. The van der Waals surface area contributed by atoms with Crippen LogP contribution in [-0.2, 0) is 179 Å². The number of carboxylic acid groups (broad SMARTS) is 12. The summed E-state index contributed by atoms with van der Waals surface area (Å²) in [7, 11) is 0. The molecule has 0 spiro atoms. The van der Waals surface area contributed by atoms with Gasteiger partial charge in [0.15, 0.2) is 0 Å². The van der Waals surface area contributed by atoms with Crippen LogP contribution < -0.4 is 61.3 Å². The Balaban J connectivity index is -0.0000000584. The van der Waals surface area contributed by atoms with Crippen molar-refractivity contribution in [3.63, 3.8) is 0 Å². The van der Waals surface area contributed by atoms with E-state index in [0.29, 0.717) is 0 Å². The Bertz CT molecular complexity index is 2240. The number of carbonyl (C=O) groups is 12. The fraction of sp³-hybridized carbons (Fsp3) is 0. The molecule has 0 saturated carbocycles. The quantitative estimate of drug-likeness (QED) is 0.110. The van der Waals surface area contributed by atoms with E-state index in [0.717, 1.165) is 146 Å². The average Bonchev–Trinajstić information content (AvgIpc) is 3.35. The third-order valence-corrected chi connectivity index (χ3v) is 8.14. The Hall–Kier alpha value is -6.06. The maximum Gasteiger partial charge on any atom is 4.00 e. The van der Waals surface area contributed by atoms with E-state index in [9.17, 15) is 119 Å². The van der Waals surface area contributed by atoms with Gasteiger partial charge in [0.05, 0.1) is 71.6 Å². The van der Waals surface area contributed by atoms with E-state index >= 15 is 0 Å². The molecule has 0 radical (unpaired) electrons. The van der Waals surface area contributed by atoms with E-state index < -0.39 is 71.6 Å². The van der Waals surface area contributed by atoms with Crippen LogP contribution in [0.2, 0.25) is 0 Å². The van der Waals surface area contributed by atoms with Gasteiger partial charge in [-0.15, -0.1) is 0 Å². The second-order valence-corrected chi connectivity index (χ2v) is 12.9. The summed E-state index contributed by atoms with van der Waals surface area (Å²) in [5, 5.41) is 122. The van der Waals surface area contributed by atoms with Gasteiger partial charge in [0, 0.05) is 0 Å². The zero-order chi connectivity index (χ0) is 54.8. The second kappa shape index (κ2) is 59.3. The first-order valence-electron chi connectivity index (χ1n) is 18.8. The maximum atomic E-state index is 10.2. The van der Waals surface area contributed by atoms with Crippen LogP contribution in [0.3, 0.4) is 0 Å². The first-order chi connectivity index (χ1) is 33.7. The zero-order valence-corrected chi connectivity index (χ0v) is 56.8. The first kappa shape index (κ1) is 115. The Morgan fingerprint density at radius 1 is 0.151 bits per heavy atom. The van der Waals surface area contributed by atoms with Crippen molar-refractivity contribution in [1.82, 2.24) is 0 Å². The van der Waals surface area contributed by atoms with Crippen LogP contribution in [0.15, 0.2) is 146 Å². The second-order valence-electron chi connectivity index (χ2n) is 12.9. The van der Waals surface area contributed by atoms with E-state index in [1.54, 1.807) is 0 Å². The smallest absolute Gasteiger partial charge is 2.00 e. The zero-order valence-electron chi connectivity index (χ0n) is 42.1. The van der Waals surface area contributed by atoms with Gasteiger partial charge >= 0.3 is 157 Å². The summed E-state index contributed by atoms with van der Waals surface area (Å²) in [4.78, 5) is 122. The molecule has 436 valence electrons. The number of hydrogen-bond acceptors (Lipinski definition) is 28. The molecule has 0 unspecified atom stereocenters. The number of aromatic carboxylic acids is 12. The molecule has 0 aliphatic rings. The van der Waals surface area contributed by atoms with E-state index in [1.165, 1.54) is 0 Å². The predicted molar refractivity (Wildman–Crippen MR) is 221 cm³/mol. The van der Waals surface area contributed by atoms with Gasteiger partial charge in [0.1, 0.15) is 0 Å². The van der Waals surface area contributed by atoms with E-state index in [4.69, 9.17) is 0 Å². The molecule has 6 aromatic carbocycles. The van der Waals surface area contributed by atoms with Crippen molar-refractivity contribution in [2.24, 2.45) is 0 Å². The SMILES string of the molecule is O=C([O-])c1ccc(C(=O)[O-])cc1.O=C([O-])c1ccc(C(=O)[O-])cc1.O=C([O-])c1ccc(C(=O)[O-])cc1.O=C([O-])c1ccc(C(=O)[O-])cc1.O=C([O-])c1ccc(C(=O)[O-])cc1.O=C([O-])c1ccc(C(=O)[O-])cc1.[O-2].[O-2].[O-2].[O-2].[OH-].[OH-].[OH-].[OH-].[Zr+4].[Zr+4].[Zr+4].[Zr+4].[Zr+4].[Zr+4]. The van der Waals surface area contributed by atoms with Gasteiger partial charge in [-0.05, 0) is 66.8 Å². The molecule has 0 heterocycles. The van der Waals surface area contributed by atoms with Crippen LogP contribution in [0.5, 0.6) is 0 Å². The Morgan fingerprint density at radius 3 is 0.209 bits per heavy atom. The fourth-order valence-corrected chi connectivity index (χ4v) is 4.45. The van der Waals surface area contributed by atoms with Gasteiger partial charge < -0.3 is 163 Å². The third-order valence-electron chi connectivity index (χ3n) is 8.14. The van der Waals surface area contributed by atoms with Crippen LogP contribution in [0, 0.1) is 0 Å². The van der Waals surface area contributed by atoms with Crippen molar-refractivity contribution in [1.29, 1.82) is 0 Å². The standard InChI is InChI=1S/6C8H6O4.4H2O.4O.6Zr/c6*9-7(10)5-1-2-6(4-3-5)8(11)12;;;;;;;;;;;;;;/h6*1-4H,(H,9,10)(H,11,12);4*1H2;;;;;;;;;;/q;;;;;;;;;;4*-2;6*+4/p-16. The van der Waals surface area contributed by atoms with Gasteiger partial charge in [-0.1, -0.05) is 146 Å². The van der Waals surface area contributed by atoms with Crippen LogP contribution in [0.25, 0.3) is 0 Å². The predicted octanol–water partition coefficient (Wildman–Crippen LogP) is -10.7. The summed E-state index contributed by atoms with van der Waals surface area (Å²) in [6.07, 6.45) is 0. The van der Waals surface area contributed by atoms with E-state index in [-0.39, 0.29) is 268 Å². The van der Waals surface area contributed by atoms with Crippen molar-refractivity contribution in [2.75, 3.05) is 0 Å².